The van der Waals surface area contributed by atoms with Crippen LogP contribution in [0.1, 0.15) is 62.4 Å². The second-order valence-electron chi connectivity index (χ2n) is 10.1. The van der Waals surface area contributed by atoms with E-state index in [-0.39, 0.29) is 24.3 Å². The molecule has 2 atom stereocenters. The van der Waals surface area contributed by atoms with Crippen molar-refractivity contribution in [3.63, 3.8) is 0 Å². The Kier molecular flexibility index (Phi) is 6.80. The second kappa shape index (κ2) is 9.34. The molecule has 0 aromatic heterocycles. The third kappa shape index (κ3) is 4.60. The highest BCUT2D eigenvalue weighted by Crippen LogP contribution is 2.51. The molecule has 2 amide bonds. The molecule has 34 heavy (non-hydrogen) atoms. The number of nitrogens with one attached hydrogen (secondary N) is 1. The SMILES string of the molecule is CC1=CC(C)=NC(=O)C1CNC(=O)c1cc(Cl)c2c(c1C)O[C@@](C)(C1CCC(N(C)C)CC1)O2. The van der Waals surface area contributed by atoms with E-state index in [4.69, 9.17) is 21.1 Å². The van der Waals surface area contributed by atoms with Gasteiger partial charge in [0.2, 0.25) is 0 Å². The third-order valence-electron chi connectivity index (χ3n) is 7.50. The highest BCUT2D eigenvalue weighted by Gasteiger charge is 2.47. The van der Waals surface area contributed by atoms with Crippen LogP contribution in [0.5, 0.6) is 11.5 Å². The van der Waals surface area contributed by atoms with Crippen LogP contribution in [0.2, 0.25) is 5.02 Å². The molecule has 1 aromatic carbocycles. The van der Waals surface area contributed by atoms with Crippen LogP contribution in [-0.2, 0) is 4.79 Å². The summed E-state index contributed by atoms with van der Waals surface area (Å²) in [6.07, 6.45) is 6.05. The van der Waals surface area contributed by atoms with Gasteiger partial charge in [0, 0.05) is 42.3 Å². The fourth-order valence-electron chi connectivity index (χ4n) is 5.31. The van der Waals surface area contributed by atoms with Gasteiger partial charge in [-0.1, -0.05) is 17.2 Å². The summed E-state index contributed by atoms with van der Waals surface area (Å²) in [6.45, 7) is 7.65. The minimum absolute atomic E-state index is 0.176. The summed E-state index contributed by atoms with van der Waals surface area (Å²) in [5.41, 5.74) is 2.66. The van der Waals surface area contributed by atoms with E-state index in [9.17, 15) is 9.59 Å². The van der Waals surface area contributed by atoms with Gasteiger partial charge >= 0.3 is 0 Å². The van der Waals surface area contributed by atoms with Crippen LogP contribution < -0.4 is 14.8 Å². The van der Waals surface area contributed by atoms with Gasteiger partial charge in [0.1, 0.15) is 0 Å². The van der Waals surface area contributed by atoms with Crippen molar-refractivity contribution in [2.45, 2.75) is 65.2 Å². The standard InChI is InChI=1S/C26H34ClN3O4/c1-14-11-15(2)29-25(32)20(14)13-28-24(31)19-12-21(27)23-22(16(19)3)33-26(4,34-23)17-7-9-18(10-8-17)30(5)6/h11-12,17-18,20H,7-10,13H2,1-6H3,(H,28,31)/t17?,18?,20?,26-/m1/s1. The van der Waals surface area contributed by atoms with Crippen molar-refractivity contribution >= 4 is 29.1 Å². The number of hydrogen-bond acceptors (Lipinski definition) is 5. The first-order chi connectivity index (χ1) is 16.0. The van der Waals surface area contributed by atoms with E-state index in [1.165, 1.54) is 0 Å². The number of benzene rings is 1. The molecule has 0 bridgehead atoms. The summed E-state index contributed by atoms with van der Waals surface area (Å²) in [7, 11) is 4.24. The van der Waals surface area contributed by atoms with E-state index in [2.05, 4.69) is 29.3 Å². The lowest BCUT2D eigenvalue weighted by molar-refractivity contribution is -0.123. The Morgan fingerprint density at radius 3 is 2.44 bits per heavy atom. The van der Waals surface area contributed by atoms with E-state index < -0.39 is 11.7 Å². The fraction of sp³-hybridized carbons (Fsp3) is 0.577. The Labute approximate surface area is 206 Å². The van der Waals surface area contributed by atoms with Crippen molar-refractivity contribution in [3.05, 3.63) is 33.9 Å². The molecule has 4 rings (SSSR count). The number of aliphatic imine (C=N–C) groups is 1. The average Bonchev–Trinajstić information content (AvgIpc) is 3.15. The Hall–Kier alpha value is -2.38. The smallest absolute Gasteiger partial charge is 0.254 e. The van der Waals surface area contributed by atoms with Crippen LogP contribution in [0.3, 0.4) is 0 Å². The molecule has 2 heterocycles. The summed E-state index contributed by atoms with van der Waals surface area (Å²) in [4.78, 5) is 31.6. The maximum absolute atomic E-state index is 13.1. The largest absolute Gasteiger partial charge is 0.448 e. The first kappa shape index (κ1) is 24.7. The van der Waals surface area contributed by atoms with Gasteiger partial charge < -0.3 is 19.7 Å². The van der Waals surface area contributed by atoms with Crippen molar-refractivity contribution in [1.82, 2.24) is 10.2 Å². The quantitative estimate of drug-likeness (QED) is 0.659. The lowest BCUT2D eigenvalue weighted by Crippen LogP contribution is -2.46. The number of amides is 2. The number of rotatable bonds is 5. The highest BCUT2D eigenvalue weighted by molar-refractivity contribution is 6.33. The van der Waals surface area contributed by atoms with Gasteiger partial charge in [0.05, 0.1) is 10.9 Å². The van der Waals surface area contributed by atoms with Crippen molar-refractivity contribution < 1.29 is 19.1 Å². The van der Waals surface area contributed by atoms with Crippen molar-refractivity contribution in [1.29, 1.82) is 0 Å². The zero-order valence-corrected chi connectivity index (χ0v) is 21.6. The Bertz CT molecular complexity index is 1070. The van der Waals surface area contributed by atoms with E-state index in [0.717, 1.165) is 31.3 Å². The number of dihydropyridines is 1. The normalized spacial score (nSPS) is 28.6. The molecule has 3 aliphatic rings. The van der Waals surface area contributed by atoms with Crippen molar-refractivity contribution in [2.24, 2.45) is 16.8 Å². The molecule has 184 valence electrons. The number of halogens is 1. The molecule has 2 aliphatic heterocycles. The molecule has 1 aliphatic carbocycles. The van der Waals surface area contributed by atoms with Crippen LogP contribution in [0.4, 0.5) is 0 Å². The van der Waals surface area contributed by atoms with Gasteiger partial charge in [0.25, 0.3) is 17.6 Å². The van der Waals surface area contributed by atoms with E-state index in [1.54, 1.807) is 13.0 Å². The second-order valence-corrected chi connectivity index (χ2v) is 10.5. The molecular weight excluding hydrogens is 454 g/mol. The Morgan fingerprint density at radius 1 is 1.18 bits per heavy atom. The summed E-state index contributed by atoms with van der Waals surface area (Å²) in [6, 6.07) is 2.20. The number of carbonyl (C=O) groups is 2. The zero-order chi connectivity index (χ0) is 24.8. The number of allylic oxidation sites excluding steroid dienone is 1. The van der Waals surface area contributed by atoms with Crippen LogP contribution in [0, 0.1) is 18.8 Å². The molecular formula is C26H34ClN3O4. The highest BCUT2D eigenvalue weighted by atomic mass is 35.5. The van der Waals surface area contributed by atoms with Crippen LogP contribution in [-0.4, -0.2) is 54.9 Å². The van der Waals surface area contributed by atoms with Gasteiger partial charge in [-0.05, 0) is 72.7 Å². The predicted molar refractivity (Wildman–Crippen MR) is 133 cm³/mol. The van der Waals surface area contributed by atoms with Gasteiger partial charge in [-0.3, -0.25) is 9.59 Å². The summed E-state index contributed by atoms with van der Waals surface area (Å²) < 4.78 is 12.7. The topological polar surface area (TPSA) is 80.2 Å². The molecule has 0 spiro atoms. The first-order valence-electron chi connectivity index (χ1n) is 11.9. The van der Waals surface area contributed by atoms with Crippen LogP contribution >= 0.6 is 11.6 Å². The van der Waals surface area contributed by atoms with Crippen molar-refractivity contribution in [3.8, 4) is 11.5 Å². The van der Waals surface area contributed by atoms with E-state index in [0.29, 0.717) is 39.4 Å². The molecule has 1 aromatic rings. The molecule has 1 unspecified atom stereocenters. The molecule has 0 radical (unpaired) electrons. The van der Waals surface area contributed by atoms with Gasteiger partial charge in [-0.15, -0.1) is 0 Å². The zero-order valence-electron chi connectivity index (χ0n) is 20.8. The summed E-state index contributed by atoms with van der Waals surface area (Å²) in [5, 5.41) is 3.22. The Balaban J connectivity index is 1.48. The van der Waals surface area contributed by atoms with Gasteiger partial charge in [0.15, 0.2) is 11.5 Å². The van der Waals surface area contributed by atoms with Gasteiger partial charge in [-0.2, -0.15) is 0 Å². The van der Waals surface area contributed by atoms with E-state index >= 15 is 0 Å². The molecule has 0 saturated heterocycles. The minimum Gasteiger partial charge on any atom is -0.448 e. The summed E-state index contributed by atoms with van der Waals surface area (Å²) >= 11 is 6.56. The molecule has 8 heteroatoms. The van der Waals surface area contributed by atoms with Crippen LogP contribution in [0.25, 0.3) is 0 Å². The predicted octanol–water partition coefficient (Wildman–Crippen LogP) is 4.55. The first-order valence-corrected chi connectivity index (χ1v) is 12.3. The average molecular weight is 488 g/mol. The van der Waals surface area contributed by atoms with E-state index in [1.807, 2.05) is 26.8 Å². The maximum atomic E-state index is 13.1. The maximum Gasteiger partial charge on any atom is 0.254 e. The number of carbonyl (C=O) groups excluding carboxylic acids is 2. The third-order valence-corrected chi connectivity index (χ3v) is 7.78. The van der Waals surface area contributed by atoms with Crippen LogP contribution in [0.15, 0.2) is 22.7 Å². The Morgan fingerprint density at radius 2 is 1.82 bits per heavy atom. The molecule has 1 N–H and O–H groups in total. The summed E-state index contributed by atoms with van der Waals surface area (Å²) in [5.74, 6) is -0.553. The van der Waals surface area contributed by atoms with Gasteiger partial charge in [-0.25, -0.2) is 4.99 Å². The lowest BCUT2D eigenvalue weighted by atomic mass is 9.81. The lowest BCUT2D eigenvalue weighted by Gasteiger charge is -2.39. The minimum atomic E-state index is -0.810. The number of nitrogens with zero attached hydrogens (tertiary/aromatic N) is 2. The number of hydrogen-bond donors (Lipinski definition) is 1. The monoisotopic (exact) mass is 487 g/mol. The van der Waals surface area contributed by atoms with Crippen molar-refractivity contribution in [2.75, 3.05) is 20.6 Å². The molecule has 7 nitrogen and oxygen atoms in total. The fourth-order valence-corrected chi connectivity index (χ4v) is 5.55. The molecule has 1 fully saturated rings. The number of ether oxygens (including phenoxy) is 2. The molecule has 1 saturated carbocycles. The number of fused-ring (bicyclic) bond motifs is 1.